The first-order valence-corrected chi connectivity index (χ1v) is 8.82. The normalized spacial score (nSPS) is 13.9. The number of hydrogen-bond acceptors (Lipinski definition) is 1. The highest BCUT2D eigenvalue weighted by Crippen LogP contribution is 2.27. The van der Waals surface area contributed by atoms with Crippen molar-refractivity contribution in [3.05, 3.63) is 69.3 Å². The zero-order valence-corrected chi connectivity index (χ0v) is 16.1. The van der Waals surface area contributed by atoms with Crippen molar-refractivity contribution < 1.29 is 48.6 Å². The lowest BCUT2D eigenvalue weighted by Crippen LogP contribution is -2.36. The molecule has 0 aliphatic rings. The molecule has 172 valence electrons. The molecule has 2 aromatic rings. The molecule has 0 saturated heterocycles. The minimum Gasteiger partial charge on any atom is -0.362 e. The van der Waals surface area contributed by atoms with E-state index in [2.05, 4.69) is 4.74 Å². The summed E-state index contributed by atoms with van der Waals surface area (Å²) in [6.07, 6.45) is -14.4. The Morgan fingerprint density at radius 3 is 1.23 bits per heavy atom. The summed E-state index contributed by atoms with van der Waals surface area (Å²) >= 11 is 0. The van der Waals surface area contributed by atoms with Gasteiger partial charge in [0.05, 0.1) is 0 Å². The summed E-state index contributed by atoms with van der Waals surface area (Å²) < 4.78 is 140. The van der Waals surface area contributed by atoms with E-state index in [1.165, 1.54) is 0 Å². The number of alkyl halides is 4. The van der Waals surface area contributed by atoms with Crippen LogP contribution in [0.5, 0.6) is 0 Å². The number of rotatable bonds is 8. The average molecular weight is 462 g/mol. The van der Waals surface area contributed by atoms with E-state index in [1.54, 1.807) is 0 Å². The van der Waals surface area contributed by atoms with Crippen molar-refractivity contribution in [1.82, 2.24) is 0 Å². The largest absolute Gasteiger partial charge is 0.362 e. The summed E-state index contributed by atoms with van der Waals surface area (Å²) in [5.41, 5.74) is -3.20. The van der Waals surface area contributed by atoms with Crippen LogP contribution in [0.1, 0.15) is 22.3 Å². The zero-order chi connectivity index (χ0) is 23.6. The lowest BCUT2D eigenvalue weighted by molar-refractivity contribution is -0.135. The number of hydrogen-bond donors (Lipinski definition) is 0. The van der Waals surface area contributed by atoms with E-state index in [-0.39, 0.29) is 0 Å². The molecule has 0 bridgehead atoms. The molecule has 0 saturated carbocycles. The van der Waals surface area contributed by atoms with Crippen molar-refractivity contribution in [1.29, 1.82) is 0 Å². The van der Waals surface area contributed by atoms with Crippen LogP contribution in [0.25, 0.3) is 0 Å². The third-order valence-corrected chi connectivity index (χ3v) is 4.68. The topological polar surface area (TPSA) is 9.23 Å². The maximum atomic E-state index is 14.0. The Morgan fingerprint density at radius 2 is 0.935 bits per heavy atom. The quantitative estimate of drug-likeness (QED) is 0.335. The first-order valence-electron chi connectivity index (χ1n) is 8.82. The standard InChI is InChI=1S/C20H16F10O/c1-7-11(21)3-9(17(25)15(7)23)5-13(19(27)28)31-14(20(29)30)6-10-4-12(22)8(2)16(24)18(10)26/h3-4,13-14,19-20H,5-6H2,1-2H3. The van der Waals surface area contributed by atoms with Gasteiger partial charge >= 0.3 is 0 Å². The summed E-state index contributed by atoms with van der Waals surface area (Å²) in [7, 11) is 0. The number of ether oxygens (including phenoxy) is 1. The van der Waals surface area contributed by atoms with Gasteiger partial charge in [0.2, 0.25) is 0 Å². The van der Waals surface area contributed by atoms with Gasteiger partial charge in [-0.3, -0.25) is 0 Å². The minimum atomic E-state index is -3.51. The smallest absolute Gasteiger partial charge is 0.264 e. The summed E-state index contributed by atoms with van der Waals surface area (Å²) in [5, 5.41) is 0. The van der Waals surface area contributed by atoms with E-state index in [0.717, 1.165) is 13.8 Å². The van der Waals surface area contributed by atoms with E-state index < -0.39 is 95.1 Å². The van der Waals surface area contributed by atoms with Crippen LogP contribution in [0, 0.1) is 48.8 Å². The van der Waals surface area contributed by atoms with Crippen LogP contribution in [0.4, 0.5) is 43.9 Å². The van der Waals surface area contributed by atoms with Gasteiger partial charge in [-0.25, -0.2) is 43.9 Å². The van der Waals surface area contributed by atoms with Gasteiger partial charge in [-0.2, -0.15) is 0 Å². The lowest BCUT2D eigenvalue weighted by Gasteiger charge is -2.25. The van der Waals surface area contributed by atoms with Gasteiger partial charge in [0.15, 0.2) is 23.3 Å². The van der Waals surface area contributed by atoms with Gasteiger partial charge in [0.25, 0.3) is 12.9 Å². The third-order valence-electron chi connectivity index (χ3n) is 4.68. The second-order valence-electron chi connectivity index (χ2n) is 6.83. The van der Waals surface area contributed by atoms with Gasteiger partial charge in [-0.1, -0.05) is 0 Å². The Morgan fingerprint density at radius 1 is 0.613 bits per heavy atom. The van der Waals surface area contributed by atoms with Crippen LogP contribution < -0.4 is 0 Å². The molecule has 0 heterocycles. The van der Waals surface area contributed by atoms with E-state index in [0.29, 0.717) is 12.1 Å². The van der Waals surface area contributed by atoms with E-state index >= 15 is 0 Å². The average Bonchev–Trinajstić information content (AvgIpc) is 2.70. The van der Waals surface area contributed by atoms with E-state index in [9.17, 15) is 43.9 Å². The fraction of sp³-hybridized carbons (Fsp3) is 0.400. The van der Waals surface area contributed by atoms with Crippen molar-refractivity contribution in [2.75, 3.05) is 0 Å². The van der Waals surface area contributed by atoms with Gasteiger partial charge in [-0.15, -0.1) is 0 Å². The zero-order valence-electron chi connectivity index (χ0n) is 16.1. The summed E-state index contributed by atoms with van der Waals surface area (Å²) in [6, 6.07) is 0.850. The van der Waals surface area contributed by atoms with E-state index in [1.807, 2.05) is 0 Å². The molecule has 0 aliphatic carbocycles. The molecule has 0 N–H and O–H groups in total. The molecule has 0 fully saturated rings. The molecule has 2 rings (SSSR count). The fourth-order valence-corrected chi connectivity index (χ4v) is 2.82. The van der Waals surface area contributed by atoms with Crippen LogP contribution in [0.2, 0.25) is 0 Å². The van der Waals surface area contributed by atoms with Gasteiger partial charge < -0.3 is 4.74 Å². The fourth-order valence-electron chi connectivity index (χ4n) is 2.82. The first kappa shape index (κ1) is 25.0. The van der Waals surface area contributed by atoms with Gasteiger partial charge in [-0.05, 0) is 37.1 Å². The Labute approximate surface area is 170 Å². The molecular formula is C20H16F10O. The molecular weight excluding hydrogens is 446 g/mol. The molecule has 2 atom stereocenters. The molecule has 2 aromatic carbocycles. The molecule has 11 heteroatoms. The summed E-state index contributed by atoms with van der Waals surface area (Å²) in [4.78, 5) is 0. The van der Waals surface area contributed by atoms with Crippen molar-refractivity contribution in [3.8, 4) is 0 Å². The lowest BCUT2D eigenvalue weighted by atomic mass is 10.0. The maximum absolute atomic E-state index is 14.0. The summed E-state index contributed by atoms with van der Waals surface area (Å²) in [6.45, 7) is 1.81. The molecule has 0 radical (unpaired) electrons. The van der Waals surface area contributed by atoms with Crippen LogP contribution >= 0.6 is 0 Å². The van der Waals surface area contributed by atoms with Gasteiger partial charge in [0, 0.05) is 24.0 Å². The molecule has 0 aromatic heterocycles. The number of benzene rings is 2. The number of halogens is 10. The van der Waals surface area contributed by atoms with Crippen LogP contribution in [0.15, 0.2) is 12.1 Å². The third kappa shape index (κ3) is 5.50. The van der Waals surface area contributed by atoms with Crippen LogP contribution in [-0.4, -0.2) is 25.1 Å². The summed E-state index contributed by atoms with van der Waals surface area (Å²) in [5.74, 6) is -9.09. The highest BCUT2D eigenvalue weighted by Gasteiger charge is 2.33. The minimum absolute atomic E-state index is 0.425. The molecule has 0 spiro atoms. The van der Waals surface area contributed by atoms with Crippen molar-refractivity contribution in [2.45, 2.75) is 51.7 Å². The molecule has 0 aliphatic heterocycles. The van der Waals surface area contributed by atoms with Crippen LogP contribution in [-0.2, 0) is 17.6 Å². The molecule has 31 heavy (non-hydrogen) atoms. The van der Waals surface area contributed by atoms with Gasteiger partial charge in [0.1, 0.15) is 23.8 Å². The molecule has 0 amide bonds. The molecule has 1 nitrogen and oxygen atoms in total. The second-order valence-corrected chi connectivity index (χ2v) is 6.83. The SMILES string of the molecule is Cc1c(F)cc(CC(OC(Cc2cc(F)c(C)c(F)c2F)C(F)F)C(F)F)c(F)c1F. The Kier molecular flexibility index (Phi) is 7.96. The second kappa shape index (κ2) is 9.88. The predicted octanol–water partition coefficient (Wildman–Crippen LogP) is 6.21. The van der Waals surface area contributed by atoms with E-state index in [4.69, 9.17) is 0 Å². The Hall–Kier alpha value is -2.30. The maximum Gasteiger partial charge on any atom is 0.264 e. The van der Waals surface area contributed by atoms with Crippen molar-refractivity contribution in [2.24, 2.45) is 0 Å². The Balaban J connectivity index is 2.32. The predicted molar refractivity (Wildman–Crippen MR) is 90.2 cm³/mol. The Bertz CT molecular complexity index is 869. The first-order chi connectivity index (χ1) is 14.3. The molecule has 2 unspecified atom stereocenters. The highest BCUT2D eigenvalue weighted by atomic mass is 19.3. The van der Waals surface area contributed by atoms with Crippen molar-refractivity contribution in [3.63, 3.8) is 0 Å². The van der Waals surface area contributed by atoms with Crippen molar-refractivity contribution >= 4 is 0 Å². The monoisotopic (exact) mass is 462 g/mol. The highest BCUT2D eigenvalue weighted by molar-refractivity contribution is 5.29. The van der Waals surface area contributed by atoms with Crippen LogP contribution in [0.3, 0.4) is 0 Å².